The van der Waals surface area contributed by atoms with Gasteiger partial charge in [0.25, 0.3) is 5.89 Å². The highest BCUT2D eigenvalue weighted by atomic mass is 16.5. The molecule has 0 aliphatic carbocycles. The van der Waals surface area contributed by atoms with Crippen molar-refractivity contribution in [2.24, 2.45) is 5.73 Å². The van der Waals surface area contributed by atoms with E-state index in [1.165, 1.54) is 5.56 Å². The lowest BCUT2D eigenvalue weighted by molar-refractivity contribution is 0.432. The zero-order valence-electron chi connectivity index (χ0n) is 11.8. The molecule has 0 bridgehead atoms. The Hall–Kier alpha value is -2.53. The molecule has 0 aliphatic rings. The first-order valence-electron chi connectivity index (χ1n) is 6.82. The third-order valence-corrected chi connectivity index (χ3v) is 3.20. The maximum atomic E-state index is 5.54. The van der Waals surface area contributed by atoms with Crippen molar-refractivity contribution in [1.82, 2.24) is 15.1 Å². The van der Waals surface area contributed by atoms with Gasteiger partial charge < -0.3 is 10.3 Å². The number of rotatable bonds is 4. The van der Waals surface area contributed by atoms with Crippen LogP contribution < -0.4 is 5.73 Å². The highest BCUT2D eigenvalue weighted by molar-refractivity contribution is 5.57. The summed E-state index contributed by atoms with van der Waals surface area (Å²) in [5.74, 6) is 0.993. The summed E-state index contributed by atoms with van der Waals surface area (Å²) in [4.78, 5) is 8.66. The predicted octanol–water partition coefficient (Wildman–Crippen LogP) is 2.61. The summed E-state index contributed by atoms with van der Waals surface area (Å²) in [6.45, 7) is 2.64. The highest BCUT2D eigenvalue weighted by Crippen LogP contribution is 2.21. The van der Waals surface area contributed by atoms with Gasteiger partial charge in [0.1, 0.15) is 5.69 Å². The van der Waals surface area contributed by atoms with Crippen LogP contribution in [0.25, 0.3) is 23.0 Å². The van der Waals surface area contributed by atoms with Crippen molar-refractivity contribution in [3.63, 3.8) is 0 Å². The molecule has 0 saturated carbocycles. The maximum Gasteiger partial charge on any atom is 0.258 e. The van der Waals surface area contributed by atoms with Crippen LogP contribution in [0.2, 0.25) is 0 Å². The Kier molecular flexibility index (Phi) is 3.75. The molecule has 1 aromatic carbocycles. The Morgan fingerprint density at radius 3 is 2.67 bits per heavy atom. The van der Waals surface area contributed by atoms with E-state index >= 15 is 0 Å². The summed E-state index contributed by atoms with van der Waals surface area (Å²) < 4.78 is 5.32. The van der Waals surface area contributed by atoms with E-state index in [4.69, 9.17) is 10.3 Å². The summed E-state index contributed by atoms with van der Waals surface area (Å²) in [7, 11) is 0. The van der Waals surface area contributed by atoms with Gasteiger partial charge in [-0.05, 0) is 55.3 Å². The number of benzene rings is 1. The minimum absolute atomic E-state index is 0.493. The Balaban J connectivity index is 1.87. The molecule has 0 saturated heterocycles. The van der Waals surface area contributed by atoms with Crippen molar-refractivity contribution in [1.29, 1.82) is 0 Å². The fraction of sp³-hybridized carbons (Fsp3) is 0.188. The van der Waals surface area contributed by atoms with Gasteiger partial charge in [0, 0.05) is 11.8 Å². The maximum absolute atomic E-state index is 5.54. The van der Waals surface area contributed by atoms with Gasteiger partial charge in [-0.3, -0.25) is 4.98 Å². The third kappa shape index (κ3) is 2.98. The quantitative estimate of drug-likeness (QED) is 0.794. The van der Waals surface area contributed by atoms with Crippen molar-refractivity contribution in [2.75, 3.05) is 6.54 Å². The van der Waals surface area contributed by atoms with Gasteiger partial charge >= 0.3 is 0 Å². The standard InChI is InChI=1S/C16H16N4O/c1-11-7-9-18-14(10-11)15-19-16(21-20-15)13-4-2-12(3-5-13)6-8-17/h2-5,7,9-10H,6,8,17H2,1H3. The molecule has 3 aromatic rings. The zero-order valence-corrected chi connectivity index (χ0v) is 11.8. The molecule has 106 valence electrons. The van der Waals surface area contributed by atoms with Crippen LogP contribution in [0.1, 0.15) is 11.1 Å². The van der Waals surface area contributed by atoms with Crippen molar-refractivity contribution >= 4 is 0 Å². The first-order valence-corrected chi connectivity index (χ1v) is 6.82. The number of hydrogen-bond donors (Lipinski definition) is 1. The minimum Gasteiger partial charge on any atom is -0.334 e. The summed E-state index contributed by atoms with van der Waals surface area (Å²) in [5.41, 5.74) is 9.45. The molecule has 2 N–H and O–H groups in total. The van der Waals surface area contributed by atoms with Crippen molar-refractivity contribution in [3.8, 4) is 23.0 Å². The summed E-state index contributed by atoms with van der Waals surface area (Å²) in [5, 5.41) is 3.99. The zero-order chi connectivity index (χ0) is 14.7. The number of aryl methyl sites for hydroxylation is 1. The van der Waals surface area contributed by atoms with Crippen molar-refractivity contribution in [3.05, 3.63) is 53.7 Å². The molecule has 0 atom stereocenters. The molecule has 2 aromatic heterocycles. The molecule has 0 amide bonds. The van der Waals surface area contributed by atoms with Crippen LogP contribution in [0.5, 0.6) is 0 Å². The van der Waals surface area contributed by atoms with Crippen LogP contribution in [0, 0.1) is 6.92 Å². The SMILES string of the molecule is Cc1ccnc(-c2noc(-c3ccc(CCN)cc3)n2)c1. The molecular formula is C16H16N4O. The molecular weight excluding hydrogens is 264 g/mol. The van der Waals surface area contributed by atoms with Crippen molar-refractivity contribution in [2.45, 2.75) is 13.3 Å². The minimum atomic E-state index is 0.493. The number of pyridine rings is 1. The van der Waals surface area contributed by atoms with Gasteiger partial charge in [0.2, 0.25) is 5.82 Å². The predicted molar refractivity (Wildman–Crippen MR) is 80.5 cm³/mol. The fourth-order valence-electron chi connectivity index (χ4n) is 2.08. The summed E-state index contributed by atoms with van der Waals surface area (Å²) in [6, 6.07) is 11.8. The highest BCUT2D eigenvalue weighted by Gasteiger charge is 2.11. The van der Waals surface area contributed by atoms with Crippen molar-refractivity contribution < 1.29 is 4.52 Å². The Bertz CT molecular complexity index is 734. The van der Waals surface area contributed by atoms with Crippen LogP contribution in [-0.2, 0) is 6.42 Å². The van der Waals surface area contributed by atoms with E-state index in [2.05, 4.69) is 15.1 Å². The lowest BCUT2D eigenvalue weighted by Crippen LogP contribution is -2.02. The number of nitrogens with two attached hydrogens (primary N) is 1. The lowest BCUT2D eigenvalue weighted by Gasteiger charge is -1.99. The van der Waals surface area contributed by atoms with Gasteiger partial charge in [-0.2, -0.15) is 4.98 Å². The Morgan fingerprint density at radius 2 is 1.95 bits per heavy atom. The average molecular weight is 280 g/mol. The molecule has 5 nitrogen and oxygen atoms in total. The molecule has 0 unspecified atom stereocenters. The molecule has 0 aliphatic heterocycles. The average Bonchev–Trinajstić information content (AvgIpc) is 2.98. The van der Waals surface area contributed by atoms with E-state index in [0.717, 1.165) is 17.5 Å². The van der Waals surface area contributed by atoms with Gasteiger partial charge in [-0.1, -0.05) is 17.3 Å². The molecule has 0 spiro atoms. The summed E-state index contributed by atoms with van der Waals surface area (Å²) in [6.07, 6.45) is 2.60. The van der Waals surface area contributed by atoms with Gasteiger partial charge in [-0.25, -0.2) is 0 Å². The topological polar surface area (TPSA) is 77.8 Å². The molecule has 3 rings (SSSR count). The smallest absolute Gasteiger partial charge is 0.258 e. The van der Waals surface area contributed by atoms with E-state index in [1.807, 2.05) is 43.3 Å². The van der Waals surface area contributed by atoms with E-state index in [9.17, 15) is 0 Å². The second-order valence-corrected chi connectivity index (χ2v) is 4.88. The molecule has 2 heterocycles. The number of hydrogen-bond acceptors (Lipinski definition) is 5. The monoisotopic (exact) mass is 280 g/mol. The van der Waals surface area contributed by atoms with Crippen LogP contribution in [0.4, 0.5) is 0 Å². The van der Waals surface area contributed by atoms with Crippen LogP contribution >= 0.6 is 0 Å². The fourth-order valence-corrected chi connectivity index (χ4v) is 2.08. The van der Waals surface area contributed by atoms with E-state index in [1.54, 1.807) is 6.20 Å². The molecule has 21 heavy (non-hydrogen) atoms. The largest absolute Gasteiger partial charge is 0.334 e. The number of nitrogens with zero attached hydrogens (tertiary/aromatic N) is 3. The number of aromatic nitrogens is 3. The van der Waals surface area contributed by atoms with E-state index < -0.39 is 0 Å². The first kappa shape index (κ1) is 13.5. The van der Waals surface area contributed by atoms with Gasteiger partial charge in [0.05, 0.1) is 0 Å². The lowest BCUT2D eigenvalue weighted by atomic mass is 10.1. The Morgan fingerprint density at radius 1 is 1.14 bits per heavy atom. The molecule has 0 radical (unpaired) electrons. The Labute approximate surface area is 122 Å². The second-order valence-electron chi connectivity index (χ2n) is 4.88. The van der Waals surface area contributed by atoms with Crippen LogP contribution in [0.3, 0.4) is 0 Å². The van der Waals surface area contributed by atoms with E-state index in [-0.39, 0.29) is 0 Å². The summed E-state index contributed by atoms with van der Waals surface area (Å²) >= 11 is 0. The van der Waals surface area contributed by atoms with Crippen LogP contribution in [-0.4, -0.2) is 21.7 Å². The normalized spacial score (nSPS) is 10.8. The molecule has 5 heteroatoms. The van der Waals surface area contributed by atoms with E-state index in [0.29, 0.717) is 24.0 Å². The van der Waals surface area contributed by atoms with Gasteiger partial charge in [-0.15, -0.1) is 0 Å². The van der Waals surface area contributed by atoms with Gasteiger partial charge in [0.15, 0.2) is 0 Å². The second kappa shape index (κ2) is 5.85. The van der Waals surface area contributed by atoms with Crippen LogP contribution in [0.15, 0.2) is 47.1 Å². The third-order valence-electron chi connectivity index (χ3n) is 3.20. The molecule has 0 fully saturated rings. The first-order chi connectivity index (χ1) is 10.3.